The lowest BCUT2D eigenvalue weighted by Gasteiger charge is -2.33. The highest BCUT2D eigenvalue weighted by Crippen LogP contribution is 2.32. The molecule has 1 aromatic rings. The van der Waals surface area contributed by atoms with Crippen molar-refractivity contribution in [1.82, 2.24) is 10.2 Å². The van der Waals surface area contributed by atoms with Crippen LogP contribution in [-0.4, -0.2) is 36.6 Å². The quantitative estimate of drug-likeness (QED) is 0.842. The first kappa shape index (κ1) is 18.3. The van der Waals surface area contributed by atoms with E-state index in [1.54, 1.807) is 4.90 Å². The van der Waals surface area contributed by atoms with E-state index in [0.717, 1.165) is 10.0 Å². The van der Waals surface area contributed by atoms with E-state index in [2.05, 4.69) is 21.2 Å². The predicted octanol–water partition coefficient (Wildman–Crippen LogP) is 3.90. The Kier molecular flexibility index (Phi) is 6.08. The molecule has 0 bridgehead atoms. The van der Waals surface area contributed by atoms with Crippen LogP contribution in [-0.2, 0) is 4.79 Å². The summed E-state index contributed by atoms with van der Waals surface area (Å²) >= 11 is 3.35. The van der Waals surface area contributed by atoms with Crippen LogP contribution in [0.25, 0.3) is 0 Å². The molecule has 0 spiro atoms. The van der Waals surface area contributed by atoms with Crippen molar-refractivity contribution in [1.29, 1.82) is 0 Å². The molecular weight excluding hydrogens is 373 g/mol. The minimum absolute atomic E-state index is 0.00739. The molecule has 7 heteroatoms. The highest BCUT2D eigenvalue weighted by atomic mass is 79.9. The van der Waals surface area contributed by atoms with Crippen LogP contribution < -0.4 is 5.32 Å². The molecule has 2 atom stereocenters. The lowest BCUT2D eigenvalue weighted by molar-refractivity contribution is -0.187. The van der Waals surface area contributed by atoms with E-state index < -0.39 is 12.1 Å². The standard InChI is InChI=1S/C16H20BrF3N2O/c1-11(12-4-6-14(17)7-5-12)21-15(23)10-22-8-2-3-13(9-22)16(18,19)20/h4-7,11,13H,2-3,8-10H2,1H3,(H,21,23). The summed E-state index contributed by atoms with van der Waals surface area (Å²) in [5.41, 5.74) is 0.952. The summed E-state index contributed by atoms with van der Waals surface area (Å²) in [7, 11) is 0. The molecule has 3 nitrogen and oxygen atoms in total. The molecule has 0 aliphatic carbocycles. The number of halogens is 4. The van der Waals surface area contributed by atoms with Crippen LogP contribution >= 0.6 is 15.9 Å². The Bertz CT molecular complexity index is 533. The molecule has 0 aromatic heterocycles. The second-order valence-corrected chi connectivity index (χ2v) is 6.87. The number of carbonyl (C=O) groups is 1. The lowest BCUT2D eigenvalue weighted by Crippen LogP contribution is -2.46. The van der Waals surface area contributed by atoms with Gasteiger partial charge in [0.1, 0.15) is 0 Å². The topological polar surface area (TPSA) is 32.3 Å². The van der Waals surface area contributed by atoms with E-state index in [4.69, 9.17) is 0 Å². The average Bonchev–Trinajstić information content (AvgIpc) is 2.47. The minimum atomic E-state index is -4.18. The Morgan fingerprint density at radius 1 is 1.39 bits per heavy atom. The molecule has 1 aliphatic rings. The monoisotopic (exact) mass is 392 g/mol. The van der Waals surface area contributed by atoms with Crippen LogP contribution in [0, 0.1) is 5.92 Å². The second kappa shape index (κ2) is 7.66. The second-order valence-electron chi connectivity index (χ2n) is 5.96. The molecule has 2 rings (SSSR count). The number of amides is 1. The number of hydrogen-bond acceptors (Lipinski definition) is 2. The van der Waals surface area contributed by atoms with Gasteiger partial charge in [0.2, 0.25) is 5.91 Å². The van der Waals surface area contributed by atoms with Crippen LogP contribution in [0.1, 0.15) is 31.4 Å². The molecule has 1 amide bonds. The van der Waals surface area contributed by atoms with Crippen molar-refractivity contribution in [3.8, 4) is 0 Å². The first-order chi connectivity index (χ1) is 10.8. The molecule has 1 N–H and O–H groups in total. The zero-order valence-corrected chi connectivity index (χ0v) is 14.5. The first-order valence-corrected chi connectivity index (χ1v) is 8.39. The molecule has 1 heterocycles. The van der Waals surface area contributed by atoms with Gasteiger partial charge in [0, 0.05) is 11.0 Å². The molecule has 1 aliphatic heterocycles. The summed E-state index contributed by atoms with van der Waals surface area (Å²) < 4.78 is 39.3. The first-order valence-electron chi connectivity index (χ1n) is 7.59. The molecule has 0 saturated carbocycles. The van der Waals surface area contributed by atoms with Crippen molar-refractivity contribution < 1.29 is 18.0 Å². The van der Waals surface area contributed by atoms with E-state index in [-0.39, 0.29) is 31.5 Å². The van der Waals surface area contributed by atoms with Crippen molar-refractivity contribution in [2.75, 3.05) is 19.6 Å². The summed E-state index contributed by atoms with van der Waals surface area (Å²) in [5, 5.41) is 2.84. The van der Waals surface area contributed by atoms with E-state index in [1.807, 2.05) is 31.2 Å². The van der Waals surface area contributed by atoms with Gasteiger partial charge in [0.25, 0.3) is 0 Å². The van der Waals surface area contributed by atoms with Gasteiger partial charge in [0.05, 0.1) is 18.5 Å². The van der Waals surface area contributed by atoms with Crippen LogP contribution in [0.2, 0.25) is 0 Å². The van der Waals surface area contributed by atoms with E-state index in [0.29, 0.717) is 13.0 Å². The molecule has 23 heavy (non-hydrogen) atoms. The van der Waals surface area contributed by atoms with E-state index in [9.17, 15) is 18.0 Å². The minimum Gasteiger partial charge on any atom is -0.348 e. The predicted molar refractivity (Wildman–Crippen MR) is 85.9 cm³/mol. The van der Waals surface area contributed by atoms with Crippen molar-refractivity contribution in [2.24, 2.45) is 5.92 Å². The number of nitrogens with one attached hydrogen (secondary N) is 1. The fourth-order valence-corrected chi connectivity index (χ4v) is 3.06. The zero-order chi connectivity index (χ0) is 17.0. The molecule has 128 valence electrons. The van der Waals surface area contributed by atoms with Crippen LogP contribution in [0.5, 0.6) is 0 Å². The van der Waals surface area contributed by atoms with Crippen molar-refractivity contribution in [2.45, 2.75) is 32.0 Å². The molecule has 0 radical (unpaired) electrons. The number of piperidine rings is 1. The maximum Gasteiger partial charge on any atom is 0.393 e. The van der Waals surface area contributed by atoms with Gasteiger partial charge in [-0.2, -0.15) is 13.2 Å². The lowest BCUT2D eigenvalue weighted by atomic mass is 9.97. The Morgan fingerprint density at radius 2 is 2.04 bits per heavy atom. The van der Waals surface area contributed by atoms with Gasteiger partial charge in [0.15, 0.2) is 0 Å². The maximum atomic E-state index is 12.8. The third-order valence-electron chi connectivity index (χ3n) is 4.08. The van der Waals surface area contributed by atoms with Crippen LogP contribution in [0.15, 0.2) is 28.7 Å². The van der Waals surface area contributed by atoms with Crippen molar-refractivity contribution in [3.63, 3.8) is 0 Å². The van der Waals surface area contributed by atoms with Gasteiger partial charge in [-0.1, -0.05) is 28.1 Å². The number of benzene rings is 1. The van der Waals surface area contributed by atoms with Gasteiger partial charge >= 0.3 is 6.18 Å². The zero-order valence-electron chi connectivity index (χ0n) is 12.9. The van der Waals surface area contributed by atoms with Crippen LogP contribution in [0.4, 0.5) is 13.2 Å². The molecular formula is C16H20BrF3N2O. The fourth-order valence-electron chi connectivity index (χ4n) is 2.79. The summed E-state index contributed by atoms with van der Waals surface area (Å²) in [6, 6.07) is 7.39. The number of nitrogens with zero attached hydrogens (tertiary/aromatic N) is 1. The van der Waals surface area contributed by atoms with Gasteiger partial charge in [-0.3, -0.25) is 9.69 Å². The highest BCUT2D eigenvalue weighted by molar-refractivity contribution is 9.10. The maximum absolute atomic E-state index is 12.8. The van der Waals surface area contributed by atoms with Crippen molar-refractivity contribution in [3.05, 3.63) is 34.3 Å². The van der Waals surface area contributed by atoms with E-state index >= 15 is 0 Å². The summed E-state index contributed by atoms with van der Waals surface area (Å²) in [4.78, 5) is 13.7. The SMILES string of the molecule is CC(NC(=O)CN1CCCC(C(F)(F)F)C1)c1ccc(Br)cc1. The summed E-state index contributed by atoms with van der Waals surface area (Å²) in [6.45, 7) is 2.31. The molecule has 1 aromatic carbocycles. The number of hydrogen-bond donors (Lipinski definition) is 1. The number of rotatable bonds is 4. The smallest absolute Gasteiger partial charge is 0.348 e. The average molecular weight is 393 g/mol. The fraction of sp³-hybridized carbons (Fsp3) is 0.562. The van der Waals surface area contributed by atoms with Gasteiger partial charge < -0.3 is 5.32 Å². The van der Waals surface area contributed by atoms with Gasteiger partial charge in [-0.25, -0.2) is 0 Å². The Hall–Kier alpha value is -1.08. The molecule has 2 unspecified atom stereocenters. The largest absolute Gasteiger partial charge is 0.393 e. The number of carbonyl (C=O) groups excluding carboxylic acids is 1. The number of likely N-dealkylation sites (tertiary alicyclic amines) is 1. The van der Waals surface area contributed by atoms with Gasteiger partial charge in [-0.15, -0.1) is 0 Å². The number of alkyl halides is 3. The normalized spacial score (nSPS) is 21.0. The third kappa shape index (κ3) is 5.49. The Morgan fingerprint density at radius 3 is 2.65 bits per heavy atom. The highest BCUT2D eigenvalue weighted by Gasteiger charge is 2.41. The van der Waals surface area contributed by atoms with Crippen molar-refractivity contribution >= 4 is 21.8 Å². The van der Waals surface area contributed by atoms with E-state index in [1.165, 1.54) is 0 Å². The molecule has 1 saturated heterocycles. The Labute approximate surface area is 142 Å². The summed E-state index contributed by atoms with van der Waals surface area (Å²) in [6.07, 6.45) is -3.56. The molecule has 1 fully saturated rings. The third-order valence-corrected chi connectivity index (χ3v) is 4.61. The Balaban J connectivity index is 1.85. The van der Waals surface area contributed by atoms with Gasteiger partial charge in [-0.05, 0) is 44.0 Å². The summed E-state index contributed by atoms with van der Waals surface area (Å²) in [5.74, 6) is -1.57. The van der Waals surface area contributed by atoms with Crippen LogP contribution in [0.3, 0.4) is 0 Å².